The summed E-state index contributed by atoms with van der Waals surface area (Å²) in [6, 6.07) is -1.01. The first-order chi connectivity index (χ1) is 31.5. The van der Waals surface area contributed by atoms with Gasteiger partial charge in [-0.25, -0.2) is 0 Å². The van der Waals surface area contributed by atoms with Crippen LogP contribution in [0.25, 0.3) is 0 Å². The molecule has 1 amide bonds. The van der Waals surface area contributed by atoms with Crippen LogP contribution >= 0.6 is 0 Å². The number of ether oxygens (including phenoxy) is 4. The molecule has 0 saturated carbocycles. The predicted octanol–water partition coefficient (Wildman–Crippen LogP) is 5.74. The second-order valence-corrected chi connectivity index (χ2v) is 18.8. The first-order valence-electron chi connectivity index (χ1n) is 26.0. The van der Waals surface area contributed by atoms with Crippen LogP contribution in [-0.4, -0.2) is 151 Å². The van der Waals surface area contributed by atoms with Crippen molar-refractivity contribution < 1.29 is 69.7 Å². The molecule has 0 bridgehead atoms. The third-order valence-corrected chi connectivity index (χ3v) is 13.1. The highest BCUT2D eigenvalue weighted by atomic mass is 16.7. The first kappa shape index (κ1) is 59.8. The molecule has 13 unspecified atom stereocenters. The van der Waals surface area contributed by atoms with Crippen LogP contribution < -0.4 is 5.32 Å². The van der Waals surface area contributed by atoms with Gasteiger partial charge in [0.25, 0.3) is 0 Å². The first-order valence-corrected chi connectivity index (χ1v) is 26.0. The summed E-state index contributed by atoms with van der Waals surface area (Å²) in [5.41, 5.74) is 0. The lowest BCUT2D eigenvalue weighted by atomic mass is 9.97. The molecular formula is C50H95NO14. The summed E-state index contributed by atoms with van der Waals surface area (Å²) >= 11 is 0. The smallest absolute Gasteiger partial charge is 0.249 e. The van der Waals surface area contributed by atoms with E-state index in [1.807, 2.05) is 0 Å². The molecule has 2 rings (SSSR count). The lowest BCUT2D eigenvalue weighted by molar-refractivity contribution is -0.359. The fourth-order valence-electron chi connectivity index (χ4n) is 8.71. The van der Waals surface area contributed by atoms with Crippen molar-refractivity contribution in [2.75, 3.05) is 19.8 Å². The molecule has 2 aliphatic heterocycles. The van der Waals surface area contributed by atoms with Crippen molar-refractivity contribution in [2.45, 2.75) is 280 Å². The van der Waals surface area contributed by atoms with Gasteiger partial charge in [-0.3, -0.25) is 4.79 Å². The van der Waals surface area contributed by atoms with Gasteiger partial charge >= 0.3 is 0 Å². The van der Waals surface area contributed by atoms with E-state index in [2.05, 4.69) is 31.3 Å². The van der Waals surface area contributed by atoms with Crippen LogP contribution in [0.4, 0.5) is 0 Å². The molecule has 2 heterocycles. The van der Waals surface area contributed by atoms with Gasteiger partial charge in [0.05, 0.1) is 32.0 Å². The third kappa shape index (κ3) is 24.7. The molecule has 2 aliphatic rings. The summed E-state index contributed by atoms with van der Waals surface area (Å²) in [5.74, 6) is -0.654. The summed E-state index contributed by atoms with van der Waals surface area (Å²) in [6.45, 7) is 2.64. The van der Waals surface area contributed by atoms with E-state index in [0.717, 1.165) is 38.5 Å². The van der Waals surface area contributed by atoms with Crippen molar-refractivity contribution in [3.8, 4) is 0 Å². The van der Waals surface area contributed by atoms with E-state index in [0.29, 0.717) is 19.3 Å². The molecule has 65 heavy (non-hydrogen) atoms. The second-order valence-electron chi connectivity index (χ2n) is 18.8. The minimum atomic E-state index is -1.80. The zero-order chi connectivity index (χ0) is 47.7. The topological polar surface area (TPSA) is 248 Å². The minimum absolute atomic E-state index is 0.268. The quantitative estimate of drug-likeness (QED) is 0.0260. The Bertz CT molecular complexity index is 1170. The molecule has 0 aliphatic carbocycles. The molecule has 0 spiro atoms. The molecule has 2 saturated heterocycles. The molecule has 13 atom stereocenters. The van der Waals surface area contributed by atoms with E-state index in [4.69, 9.17) is 18.9 Å². The molecule has 2 fully saturated rings. The number of hydrogen-bond acceptors (Lipinski definition) is 14. The summed E-state index contributed by atoms with van der Waals surface area (Å²) in [4.78, 5) is 13.3. The molecule has 10 N–H and O–H groups in total. The highest BCUT2D eigenvalue weighted by Crippen LogP contribution is 2.30. The van der Waals surface area contributed by atoms with Crippen LogP contribution in [0.5, 0.6) is 0 Å². The van der Waals surface area contributed by atoms with Crippen LogP contribution in [0, 0.1) is 0 Å². The molecule has 0 aromatic rings. The Kier molecular flexibility index (Phi) is 34.6. The molecule has 0 radical (unpaired) electrons. The van der Waals surface area contributed by atoms with Crippen molar-refractivity contribution in [2.24, 2.45) is 0 Å². The summed E-state index contributed by atoms with van der Waals surface area (Å²) in [5, 5.41) is 97.5. The summed E-state index contributed by atoms with van der Waals surface area (Å²) in [7, 11) is 0. The van der Waals surface area contributed by atoms with Crippen LogP contribution in [0.15, 0.2) is 12.2 Å². The number of aliphatic hydroxyl groups is 9. The molecule has 384 valence electrons. The number of unbranched alkanes of at least 4 members (excludes halogenated alkanes) is 24. The third-order valence-electron chi connectivity index (χ3n) is 13.1. The zero-order valence-corrected chi connectivity index (χ0v) is 40.4. The van der Waals surface area contributed by atoms with E-state index in [-0.39, 0.29) is 13.0 Å². The van der Waals surface area contributed by atoms with Crippen LogP contribution in [-0.2, 0) is 23.7 Å². The van der Waals surface area contributed by atoms with E-state index < -0.39 is 98.8 Å². The Hall–Kier alpha value is -1.31. The number of rotatable bonds is 40. The van der Waals surface area contributed by atoms with E-state index in [1.54, 1.807) is 0 Å². The highest BCUT2D eigenvalue weighted by molar-refractivity contribution is 5.80. The normalized spacial score (nSPS) is 27.6. The fourth-order valence-corrected chi connectivity index (χ4v) is 8.71. The molecular weight excluding hydrogens is 839 g/mol. The summed E-state index contributed by atoms with van der Waals surface area (Å²) in [6.07, 6.45) is 18.2. The molecule has 0 aromatic carbocycles. The Morgan fingerprint density at radius 1 is 0.538 bits per heavy atom. The number of aliphatic hydroxyl groups excluding tert-OH is 9. The monoisotopic (exact) mass is 934 g/mol. The SMILES string of the molecule is CCCCCCCCC/C=C\CCCCC(O)C(COC1OC(CO)C(OC2OC(CO)C(O)C(O)C2O)C(O)C1O)NC(=O)C(O)CCCCCCCCCCCCCCCCCC. The number of carbonyl (C=O) groups is 1. The van der Waals surface area contributed by atoms with Gasteiger partial charge in [-0.05, 0) is 38.5 Å². The van der Waals surface area contributed by atoms with Crippen LogP contribution in [0.3, 0.4) is 0 Å². The fraction of sp³-hybridized carbons (Fsp3) is 0.940. The van der Waals surface area contributed by atoms with Gasteiger partial charge in [0, 0.05) is 0 Å². The van der Waals surface area contributed by atoms with Gasteiger partial charge in [-0.2, -0.15) is 0 Å². The maximum absolute atomic E-state index is 13.3. The molecule has 15 heteroatoms. The average Bonchev–Trinajstić information content (AvgIpc) is 3.30. The Labute approximate surface area is 391 Å². The van der Waals surface area contributed by atoms with Crippen molar-refractivity contribution >= 4 is 5.91 Å². The van der Waals surface area contributed by atoms with E-state index in [1.165, 1.54) is 122 Å². The average molecular weight is 934 g/mol. The van der Waals surface area contributed by atoms with Crippen molar-refractivity contribution in [1.82, 2.24) is 5.32 Å². The highest BCUT2D eigenvalue weighted by Gasteiger charge is 2.51. The van der Waals surface area contributed by atoms with Crippen LogP contribution in [0.2, 0.25) is 0 Å². The second kappa shape index (κ2) is 37.6. The van der Waals surface area contributed by atoms with Gasteiger partial charge in [0.1, 0.15) is 54.9 Å². The van der Waals surface area contributed by atoms with Gasteiger partial charge in [0.15, 0.2) is 12.6 Å². The maximum atomic E-state index is 13.3. The lowest BCUT2D eigenvalue weighted by Crippen LogP contribution is -2.65. The van der Waals surface area contributed by atoms with Gasteiger partial charge in [-0.1, -0.05) is 174 Å². The Morgan fingerprint density at radius 2 is 0.969 bits per heavy atom. The van der Waals surface area contributed by atoms with Gasteiger partial charge in [-0.15, -0.1) is 0 Å². The Morgan fingerprint density at radius 3 is 1.48 bits per heavy atom. The number of carbonyl (C=O) groups excluding carboxylic acids is 1. The van der Waals surface area contributed by atoms with Crippen molar-refractivity contribution in [3.05, 3.63) is 12.2 Å². The van der Waals surface area contributed by atoms with Crippen LogP contribution in [0.1, 0.15) is 200 Å². The summed E-state index contributed by atoms with van der Waals surface area (Å²) < 4.78 is 22.6. The van der Waals surface area contributed by atoms with E-state index in [9.17, 15) is 50.8 Å². The molecule has 0 aromatic heterocycles. The van der Waals surface area contributed by atoms with Crippen molar-refractivity contribution in [1.29, 1.82) is 0 Å². The van der Waals surface area contributed by atoms with Gasteiger partial charge in [0.2, 0.25) is 5.91 Å². The Balaban J connectivity index is 1.87. The molecule has 15 nitrogen and oxygen atoms in total. The number of hydrogen-bond donors (Lipinski definition) is 10. The lowest BCUT2D eigenvalue weighted by Gasteiger charge is -2.46. The maximum Gasteiger partial charge on any atom is 0.249 e. The number of nitrogens with one attached hydrogen (secondary N) is 1. The number of amides is 1. The number of allylic oxidation sites excluding steroid dienone is 2. The minimum Gasteiger partial charge on any atom is -0.394 e. The van der Waals surface area contributed by atoms with Crippen molar-refractivity contribution in [3.63, 3.8) is 0 Å². The predicted molar refractivity (Wildman–Crippen MR) is 251 cm³/mol. The van der Waals surface area contributed by atoms with Gasteiger partial charge < -0.3 is 70.2 Å². The van der Waals surface area contributed by atoms with E-state index >= 15 is 0 Å². The standard InChI is InChI=1S/C50H95NO14/c1-3-5-7-9-11-13-15-17-18-19-21-23-25-27-29-31-33-39(55)48(61)51-37(38(54)32-30-28-26-24-22-20-16-14-12-10-8-6-4-2)36-62-49-46(60)44(58)47(41(35-53)64-49)65-50-45(59)43(57)42(56)40(34-52)63-50/h22,24,37-47,49-50,52-60H,3-21,23,25-36H2,1-2H3,(H,51,61)/b24-22-. The zero-order valence-electron chi connectivity index (χ0n) is 40.4. The largest absolute Gasteiger partial charge is 0.394 e.